The van der Waals surface area contributed by atoms with E-state index in [4.69, 9.17) is 22.1 Å². The van der Waals surface area contributed by atoms with E-state index in [0.29, 0.717) is 12.0 Å². The Balaban J connectivity index is 2.34. The van der Waals surface area contributed by atoms with E-state index in [0.717, 1.165) is 0 Å². The number of nitrogens with one attached hydrogen (secondary N) is 1. The lowest BCUT2D eigenvalue weighted by atomic mass is 10.2. The third-order valence-electron chi connectivity index (χ3n) is 2.84. The summed E-state index contributed by atoms with van der Waals surface area (Å²) in [5, 5.41) is 18.6. The molecule has 3 N–H and O–H groups in total. The van der Waals surface area contributed by atoms with Gasteiger partial charge in [-0.25, -0.2) is 0 Å². The third-order valence-corrected chi connectivity index (χ3v) is 3.15. The second kappa shape index (κ2) is 4.69. The van der Waals surface area contributed by atoms with Crippen LogP contribution in [0.4, 0.5) is 0 Å². The van der Waals surface area contributed by atoms with Gasteiger partial charge < -0.3 is 14.9 Å². The molecule has 3 atom stereocenters. The van der Waals surface area contributed by atoms with Crippen molar-refractivity contribution in [2.45, 2.75) is 31.8 Å². The summed E-state index contributed by atoms with van der Waals surface area (Å²) in [6.45, 7) is 1.42. The molecular formula is C10H14N2O4S. The van der Waals surface area contributed by atoms with Gasteiger partial charge in [-0.15, -0.1) is 0 Å². The number of nitrogens with zero attached hydrogens (tertiary/aromatic N) is 1. The van der Waals surface area contributed by atoms with Gasteiger partial charge in [0.1, 0.15) is 12.3 Å². The number of hydrogen-bond donors (Lipinski definition) is 3. The molecule has 17 heavy (non-hydrogen) atoms. The van der Waals surface area contributed by atoms with Gasteiger partial charge >= 0.3 is 0 Å². The first-order valence-electron chi connectivity index (χ1n) is 5.29. The maximum atomic E-state index is 11.3. The van der Waals surface area contributed by atoms with Crippen LogP contribution >= 0.6 is 12.2 Å². The van der Waals surface area contributed by atoms with E-state index in [-0.39, 0.29) is 16.9 Å². The average Bonchev–Trinajstić information content (AvgIpc) is 2.65. The summed E-state index contributed by atoms with van der Waals surface area (Å²) in [4.78, 5) is 13.9. The number of hydrogen-bond acceptors (Lipinski definition) is 5. The van der Waals surface area contributed by atoms with E-state index in [2.05, 4.69) is 4.98 Å². The van der Waals surface area contributed by atoms with Gasteiger partial charge in [-0.1, -0.05) is 0 Å². The Bertz CT molecular complexity index is 524. The number of H-pyrrole nitrogens is 1. The summed E-state index contributed by atoms with van der Waals surface area (Å²) in [6.07, 6.45) is 0.155. The zero-order chi connectivity index (χ0) is 12.6. The number of rotatable bonds is 2. The van der Waals surface area contributed by atoms with E-state index in [1.165, 1.54) is 0 Å². The van der Waals surface area contributed by atoms with Gasteiger partial charge in [-0.05, 0) is 19.1 Å². The van der Waals surface area contributed by atoms with Crippen molar-refractivity contribution in [2.24, 2.45) is 0 Å². The highest BCUT2D eigenvalue weighted by Gasteiger charge is 2.34. The highest BCUT2D eigenvalue weighted by atomic mass is 32.1. The zero-order valence-corrected chi connectivity index (χ0v) is 10.1. The van der Waals surface area contributed by atoms with E-state index in [9.17, 15) is 9.90 Å². The summed E-state index contributed by atoms with van der Waals surface area (Å²) in [6, 6.07) is 0. The molecule has 2 rings (SSSR count). The Hall–Kier alpha value is -1.02. The molecule has 1 aliphatic rings. The summed E-state index contributed by atoms with van der Waals surface area (Å²) in [5.74, 6) is 0. The number of aryl methyl sites for hydroxylation is 1. The van der Waals surface area contributed by atoms with Crippen LogP contribution in [0.5, 0.6) is 0 Å². The molecular weight excluding hydrogens is 244 g/mol. The zero-order valence-electron chi connectivity index (χ0n) is 9.29. The van der Waals surface area contributed by atoms with Gasteiger partial charge in [0.2, 0.25) is 0 Å². The predicted molar refractivity (Wildman–Crippen MR) is 62.2 cm³/mol. The van der Waals surface area contributed by atoms with Crippen molar-refractivity contribution in [3.8, 4) is 0 Å². The van der Waals surface area contributed by atoms with Crippen LogP contribution < -0.4 is 5.56 Å². The quantitative estimate of drug-likeness (QED) is 0.642. The lowest BCUT2D eigenvalue weighted by Gasteiger charge is -2.15. The van der Waals surface area contributed by atoms with E-state index in [1.54, 1.807) is 17.7 Å². The topological polar surface area (TPSA) is 87.5 Å². The first-order chi connectivity index (χ1) is 8.02. The van der Waals surface area contributed by atoms with Crippen molar-refractivity contribution in [2.75, 3.05) is 6.61 Å². The number of aliphatic hydroxyl groups is 2. The van der Waals surface area contributed by atoms with Crippen molar-refractivity contribution in [1.29, 1.82) is 0 Å². The van der Waals surface area contributed by atoms with Gasteiger partial charge in [0.25, 0.3) is 5.56 Å². The Morgan fingerprint density at radius 3 is 3.00 bits per heavy atom. The second-order valence-electron chi connectivity index (χ2n) is 4.09. The standard InChI is InChI=1S/C10H14N2O4S/c1-5-3-12(10(17)11-9(5)15)8-2-6(14)7(4-13)16-8/h3,6-8,13-14H,2,4H2,1H3,(H,11,15,17)/t6-,7-,8+/m1/s1. The van der Waals surface area contributed by atoms with Crippen LogP contribution in [0.3, 0.4) is 0 Å². The molecule has 1 aromatic heterocycles. The molecule has 0 amide bonds. The Morgan fingerprint density at radius 2 is 2.41 bits per heavy atom. The van der Waals surface area contributed by atoms with Gasteiger partial charge in [0, 0.05) is 18.2 Å². The van der Waals surface area contributed by atoms with Crippen LogP contribution in [0.1, 0.15) is 18.2 Å². The molecule has 1 saturated heterocycles. The van der Waals surface area contributed by atoms with E-state index >= 15 is 0 Å². The molecule has 0 spiro atoms. The van der Waals surface area contributed by atoms with Crippen molar-refractivity contribution >= 4 is 12.2 Å². The van der Waals surface area contributed by atoms with Crippen LogP contribution in [0.2, 0.25) is 0 Å². The molecule has 1 fully saturated rings. The monoisotopic (exact) mass is 258 g/mol. The molecule has 1 aromatic rings. The van der Waals surface area contributed by atoms with E-state index < -0.39 is 18.4 Å². The normalized spacial score (nSPS) is 28.5. The molecule has 2 heterocycles. The minimum atomic E-state index is -0.723. The highest BCUT2D eigenvalue weighted by Crippen LogP contribution is 2.28. The van der Waals surface area contributed by atoms with Crippen molar-refractivity contribution in [1.82, 2.24) is 9.55 Å². The SMILES string of the molecule is Cc1cn([C@@H]2C[C@@H](O)[C@@H](CO)O2)c(=S)[nH]c1=O. The molecule has 94 valence electrons. The molecule has 7 heteroatoms. The number of ether oxygens (including phenoxy) is 1. The molecule has 0 unspecified atom stereocenters. The molecule has 1 aliphatic heterocycles. The number of aromatic amines is 1. The highest BCUT2D eigenvalue weighted by molar-refractivity contribution is 7.71. The summed E-state index contributed by atoms with van der Waals surface area (Å²) < 4.78 is 7.29. The van der Waals surface area contributed by atoms with Crippen molar-refractivity contribution in [3.05, 3.63) is 26.9 Å². The van der Waals surface area contributed by atoms with Gasteiger partial charge in [-0.2, -0.15) is 0 Å². The fourth-order valence-corrected chi connectivity index (χ4v) is 2.11. The van der Waals surface area contributed by atoms with Crippen LogP contribution in [0.25, 0.3) is 0 Å². The van der Waals surface area contributed by atoms with Crippen molar-refractivity contribution in [3.63, 3.8) is 0 Å². The molecule has 6 nitrogen and oxygen atoms in total. The van der Waals surface area contributed by atoms with Crippen LogP contribution in [-0.2, 0) is 4.74 Å². The van der Waals surface area contributed by atoms with Gasteiger partial charge in [0.15, 0.2) is 4.77 Å². The Kier molecular flexibility index (Phi) is 3.43. The summed E-state index contributed by atoms with van der Waals surface area (Å²) in [7, 11) is 0. The fourth-order valence-electron chi connectivity index (χ4n) is 1.85. The average molecular weight is 258 g/mol. The molecule has 0 aromatic carbocycles. The predicted octanol–water partition coefficient (Wildman–Crippen LogP) is -0.145. The third kappa shape index (κ3) is 2.32. The van der Waals surface area contributed by atoms with Crippen LogP contribution in [0.15, 0.2) is 11.0 Å². The van der Waals surface area contributed by atoms with Crippen molar-refractivity contribution < 1.29 is 14.9 Å². The Morgan fingerprint density at radius 1 is 1.71 bits per heavy atom. The van der Waals surface area contributed by atoms with Gasteiger partial charge in [0.05, 0.1) is 12.7 Å². The first kappa shape index (κ1) is 12.4. The number of aliphatic hydroxyl groups excluding tert-OH is 2. The molecule has 0 bridgehead atoms. The lowest BCUT2D eigenvalue weighted by Crippen LogP contribution is -2.24. The maximum absolute atomic E-state index is 11.3. The maximum Gasteiger partial charge on any atom is 0.254 e. The molecule has 0 radical (unpaired) electrons. The van der Waals surface area contributed by atoms with Crippen LogP contribution in [-0.4, -0.2) is 38.6 Å². The molecule has 0 saturated carbocycles. The first-order valence-corrected chi connectivity index (χ1v) is 5.70. The Labute approximate surface area is 102 Å². The fraction of sp³-hybridized carbons (Fsp3) is 0.600. The minimum Gasteiger partial charge on any atom is -0.394 e. The number of aromatic nitrogens is 2. The molecule has 0 aliphatic carbocycles. The smallest absolute Gasteiger partial charge is 0.254 e. The van der Waals surface area contributed by atoms with Gasteiger partial charge in [-0.3, -0.25) is 14.3 Å². The largest absolute Gasteiger partial charge is 0.394 e. The second-order valence-corrected chi connectivity index (χ2v) is 4.48. The lowest BCUT2D eigenvalue weighted by molar-refractivity contribution is -0.0453. The summed E-state index contributed by atoms with van der Waals surface area (Å²) in [5.41, 5.74) is 0.285. The van der Waals surface area contributed by atoms with Crippen LogP contribution in [0, 0.1) is 11.7 Å². The minimum absolute atomic E-state index is 0.233. The summed E-state index contributed by atoms with van der Waals surface area (Å²) >= 11 is 5.03. The van der Waals surface area contributed by atoms with E-state index in [1.807, 2.05) is 0 Å².